The summed E-state index contributed by atoms with van der Waals surface area (Å²) in [5.41, 5.74) is 5.33. The Bertz CT molecular complexity index is 183. The molecular formula is C7H15N3OS. The first-order valence-corrected chi connectivity index (χ1v) is 4.10. The smallest absolute Gasteiger partial charge is 0.236 e. The zero-order valence-electron chi connectivity index (χ0n) is 7.63. The first kappa shape index (κ1) is 11.3. The summed E-state index contributed by atoms with van der Waals surface area (Å²) in [5, 5.41) is 2.55. The van der Waals surface area contributed by atoms with Crippen LogP contribution in [-0.4, -0.2) is 42.5 Å². The van der Waals surface area contributed by atoms with Crippen molar-refractivity contribution < 1.29 is 4.79 Å². The maximum absolute atomic E-state index is 11.1. The summed E-state index contributed by atoms with van der Waals surface area (Å²) in [5.74, 6) is -0.0336. The number of thiocarbonyl (C=S) groups is 1. The average molecular weight is 189 g/mol. The normalized spacial score (nSPS) is 12.7. The zero-order chi connectivity index (χ0) is 9.72. The van der Waals surface area contributed by atoms with E-state index in [9.17, 15) is 4.79 Å². The van der Waals surface area contributed by atoms with Crippen LogP contribution < -0.4 is 11.1 Å². The third kappa shape index (κ3) is 3.64. The molecule has 5 heteroatoms. The zero-order valence-corrected chi connectivity index (χ0v) is 8.44. The van der Waals surface area contributed by atoms with Crippen LogP contribution in [0.1, 0.15) is 6.92 Å². The van der Waals surface area contributed by atoms with Gasteiger partial charge in [0, 0.05) is 13.6 Å². The molecule has 0 saturated heterocycles. The highest BCUT2D eigenvalue weighted by Gasteiger charge is 2.16. The molecule has 1 amide bonds. The van der Waals surface area contributed by atoms with Gasteiger partial charge in [-0.1, -0.05) is 12.2 Å². The molecule has 0 heterocycles. The lowest BCUT2D eigenvalue weighted by Crippen LogP contribution is -2.44. The Kier molecular flexibility index (Phi) is 4.77. The van der Waals surface area contributed by atoms with Crippen LogP contribution in [0.15, 0.2) is 0 Å². The van der Waals surface area contributed by atoms with Gasteiger partial charge in [0.2, 0.25) is 5.91 Å². The summed E-state index contributed by atoms with van der Waals surface area (Å²) >= 11 is 4.72. The fourth-order valence-corrected chi connectivity index (χ4v) is 0.995. The third-order valence-corrected chi connectivity index (χ3v) is 1.82. The number of amides is 1. The summed E-state index contributed by atoms with van der Waals surface area (Å²) in [6, 6.07) is -0.198. The van der Waals surface area contributed by atoms with Gasteiger partial charge in [0.15, 0.2) is 0 Å². The fraction of sp³-hybridized carbons (Fsp3) is 0.714. The van der Waals surface area contributed by atoms with Gasteiger partial charge in [-0.05, 0) is 14.0 Å². The van der Waals surface area contributed by atoms with Crippen LogP contribution in [0.2, 0.25) is 0 Å². The highest BCUT2D eigenvalue weighted by Crippen LogP contribution is 1.94. The van der Waals surface area contributed by atoms with E-state index < -0.39 is 0 Å². The lowest BCUT2D eigenvalue weighted by atomic mass is 10.3. The van der Waals surface area contributed by atoms with Crippen molar-refractivity contribution in [3.05, 3.63) is 0 Å². The number of likely N-dealkylation sites (N-methyl/N-ethyl adjacent to an activating group) is 2. The Labute approximate surface area is 78.1 Å². The molecule has 0 aliphatic carbocycles. The molecule has 0 aliphatic rings. The number of hydrogen-bond donors (Lipinski definition) is 2. The van der Waals surface area contributed by atoms with Crippen LogP contribution in [-0.2, 0) is 4.79 Å². The van der Waals surface area contributed by atoms with E-state index in [2.05, 4.69) is 5.32 Å². The van der Waals surface area contributed by atoms with Crippen LogP contribution >= 0.6 is 12.2 Å². The van der Waals surface area contributed by atoms with Crippen molar-refractivity contribution in [2.24, 2.45) is 5.73 Å². The molecule has 0 bridgehead atoms. The third-order valence-electron chi connectivity index (χ3n) is 1.69. The molecule has 0 aromatic carbocycles. The molecule has 0 saturated carbocycles. The fourth-order valence-electron chi connectivity index (χ4n) is 0.792. The van der Waals surface area contributed by atoms with Crippen molar-refractivity contribution in [2.75, 3.05) is 20.6 Å². The van der Waals surface area contributed by atoms with Gasteiger partial charge >= 0.3 is 0 Å². The molecule has 70 valence electrons. The largest absolute Gasteiger partial charge is 0.392 e. The molecule has 0 radical (unpaired) electrons. The predicted octanol–water partition coefficient (Wildman–Crippen LogP) is -0.661. The molecule has 0 aliphatic heterocycles. The van der Waals surface area contributed by atoms with Crippen molar-refractivity contribution in [3.8, 4) is 0 Å². The van der Waals surface area contributed by atoms with E-state index in [0.29, 0.717) is 11.5 Å². The van der Waals surface area contributed by atoms with Gasteiger partial charge in [-0.25, -0.2) is 0 Å². The van der Waals surface area contributed by atoms with E-state index in [-0.39, 0.29) is 11.9 Å². The molecule has 4 nitrogen and oxygen atoms in total. The molecule has 0 rings (SSSR count). The SMILES string of the molecule is CNC(=O)C(C)N(C)CC(N)=S. The molecule has 0 fully saturated rings. The maximum Gasteiger partial charge on any atom is 0.236 e. The second kappa shape index (κ2) is 5.05. The summed E-state index contributed by atoms with van der Waals surface area (Å²) < 4.78 is 0. The standard InChI is InChI=1S/C7H15N3OS/c1-5(7(11)9-2)10(3)4-6(8)12/h5H,4H2,1-3H3,(H2,8,12)(H,9,11). The minimum atomic E-state index is -0.198. The molecule has 3 N–H and O–H groups in total. The van der Waals surface area contributed by atoms with E-state index in [1.165, 1.54) is 0 Å². The van der Waals surface area contributed by atoms with Crippen LogP contribution in [0.25, 0.3) is 0 Å². The quantitative estimate of drug-likeness (QED) is 0.576. The van der Waals surface area contributed by atoms with Crippen molar-refractivity contribution in [2.45, 2.75) is 13.0 Å². The second-order valence-electron chi connectivity index (χ2n) is 2.67. The lowest BCUT2D eigenvalue weighted by molar-refractivity contribution is -0.124. The van der Waals surface area contributed by atoms with Crippen molar-refractivity contribution >= 4 is 23.1 Å². The second-order valence-corrected chi connectivity index (χ2v) is 3.20. The van der Waals surface area contributed by atoms with E-state index >= 15 is 0 Å². The Balaban J connectivity index is 4.00. The number of carbonyl (C=O) groups is 1. The van der Waals surface area contributed by atoms with E-state index in [1.807, 2.05) is 0 Å². The van der Waals surface area contributed by atoms with E-state index in [4.69, 9.17) is 18.0 Å². The molecule has 1 atom stereocenters. The number of nitrogens with two attached hydrogens (primary N) is 1. The number of rotatable bonds is 4. The van der Waals surface area contributed by atoms with Crippen LogP contribution in [0, 0.1) is 0 Å². The van der Waals surface area contributed by atoms with Crippen molar-refractivity contribution in [3.63, 3.8) is 0 Å². The van der Waals surface area contributed by atoms with Gasteiger partial charge in [0.05, 0.1) is 11.0 Å². The van der Waals surface area contributed by atoms with Gasteiger partial charge in [-0.2, -0.15) is 0 Å². The molecule has 0 aromatic heterocycles. The summed E-state index contributed by atoms with van der Waals surface area (Å²) in [6.07, 6.45) is 0. The number of nitrogens with one attached hydrogen (secondary N) is 1. The topological polar surface area (TPSA) is 58.4 Å². The number of hydrogen-bond acceptors (Lipinski definition) is 3. The van der Waals surface area contributed by atoms with Gasteiger partial charge in [0.1, 0.15) is 0 Å². The van der Waals surface area contributed by atoms with Gasteiger partial charge in [0.25, 0.3) is 0 Å². The highest BCUT2D eigenvalue weighted by atomic mass is 32.1. The minimum Gasteiger partial charge on any atom is -0.392 e. The van der Waals surface area contributed by atoms with Gasteiger partial charge < -0.3 is 11.1 Å². The Morgan fingerprint density at radius 2 is 2.25 bits per heavy atom. The predicted molar refractivity (Wildman–Crippen MR) is 52.9 cm³/mol. The minimum absolute atomic E-state index is 0.0336. The first-order valence-electron chi connectivity index (χ1n) is 3.69. The first-order chi connectivity index (χ1) is 5.49. The van der Waals surface area contributed by atoms with Crippen molar-refractivity contribution in [1.29, 1.82) is 0 Å². The van der Waals surface area contributed by atoms with E-state index in [1.54, 1.807) is 25.9 Å². The Morgan fingerprint density at radius 1 is 1.75 bits per heavy atom. The van der Waals surface area contributed by atoms with Crippen LogP contribution in [0.4, 0.5) is 0 Å². The van der Waals surface area contributed by atoms with Crippen LogP contribution in [0.5, 0.6) is 0 Å². The highest BCUT2D eigenvalue weighted by molar-refractivity contribution is 7.80. The van der Waals surface area contributed by atoms with Crippen molar-refractivity contribution in [1.82, 2.24) is 10.2 Å². The lowest BCUT2D eigenvalue weighted by Gasteiger charge is -2.22. The Hall–Kier alpha value is -0.680. The monoisotopic (exact) mass is 189 g/mol. The summed E-state index contributed by atoms with van der Waals surface area (Å²) in [6.45, 7) is 2.26. The van der Waals surface area contributed by atoms with E-state index in [0.717, 1.165) is 0 Å². The molecule has 1 unspecified atom stereocenters. The Morgan fingerprint density at radius 3 is 2.58 bits per heavy atom. The molecular weight excluding hydrogens is 174 g/mol. The molecule has 0 aromatic rings. The summed E-state index contributed by atoms with van der Waals surface area (Å²) in [7, 11) is 3.41. The van der Waals surface area contributed by atoms with Gasteiger partial charge in [-0.15, -0.1) is 0 Å². The van der Waals surface area contributed by atoms with Crippen LogP contribution in [0.3, 0.4) is 0 Å². The number of nitrogens with zero attached hydrogens (tertiary/aromatic N) is 1. The molecule has 12 heavy (non-hydrogen) atoms. The number of carbonyl (C=O) groups excluding carboxylic acids is 1. The molecule has 0 spiro atoms. The van der Waals surface area contributed by atoms with Gasteiger partial charge in [-0.3, -0.25) is 9.69 Å². The average Bonchev–Trinajstić information content (AvgIpc) is 2.00. The maximum atomic E-state index is 11.1. The summed E-state index contributed by atoms with van der Waals surface area (Å²) in [4.78, 5) is 13.3.